The molecule has 0 aliphatic heterocycles. The van der Waals surface area contributed by atoms with E-state index >= 15 is 0 Å². The third-order valence-corrected chi connectivity index (χ3v) is 2.89. The molecule has 0 aromatic heterocycles. The lowest BCUT2D eigenvalue weighted by Gasteiger charge is -2.11. The van der Waals surface area contributed by atoms with Gasteiger partial charge in [0.1, 0.15) is 0 Å². The number of hydrogen-bond donors (Lipinski definition) is 0. The number of esters is 1. The second-order valence-corrected chi connectivity index (χ2v) is 4.22. The highest BCUT2D eigenvalue weighted by molar-refractivity contribution is 5.77. The molecule has 0 N–H and O–H groups in total. The van der Waals surface area contributed by atoms with Crippen molar-refractivity contribution in [3.05, 3.63) is 41.0 Å². The summed E-state index contributed by atoms with van der Waals surface area (Å²) in [5, 5.41) is 0. The maximum atomic E-state index is 11.6. The zero-order valence-corrected chi connectivity index (χ0v) is 11.0. The molecule has 0 aliphatic carbocycles. The van der Waals surface area contributed by atoms with Gasteiger partial charge in [-0.05, 0) is 38.8 Å². The van der Waals surface area contributed by atoms with Crippen LogP contribution in [0.4, 0.5) is 0 Å². The highest BCUT2D eigenvalue weighted by atomic mass is 16.5. The van der Waals surface area contributed by atoms with Crippen LogP contribution in [0, 0.1) is 12.8 Å². The Balaban J connectivity index is 2.86. The number of hydrogen-bond acceptors (Lipinski definition) is 2. The Morgan fingerprint density at radius 1 is 1.41 bits per heavy atom. The summed E-state index contributed by atoms with van der Waals surface area (Å²) in [7, 11) is 0. The minimum absolute atomic E-state index is 0.158. The van der Waals surface area contributed by atoms with E-state index in [1.165, 1.54) is 5.56 Å². The van der Waals surface area contributed by atoms with Gasteiger partial charge in [-0.1, -0.05) is 35.9 Å². The first-order chi connectivity index (χ1) is 8.06. The van der Waals surface area contributed by atoms with Crippen LogP contribution < -0.4 is 0 Å². The molecule has 2 nitrogen and oxygen atoms in total. The summed E-state index contributed by atoms with van der Waals surface area (Å²) < 4.78 is 5.01. The van der Waals surface area contributed by atoms with Crippen LogP contribution in [0.2, 0.25) is 0 Å². The quantitative estimate of drug-likeness (QED) is 0.741. The van der Waals surface area contributed by atoms with Crippen LogP contribution >= 0.6 is 0 Å². The zero-order chi connectivity index (χ0) is 12.8. The third-order valence-electron chi connectivity index (χ3n) is 2.89. The Kier molecular flexibility index (Phi) is 4.95. The molecule has 1 aromatic carbocycles. The Hall–Kier alpha value is -1.57. The second kappa shape index (κ2) is 6.24. The van der Waals surface area contributed by atoms with Crippen LogP contribution in [-0.4, -0.2) is 12.6 Å². The van der Waals surface area contributed by atoms with Crippen LogP contribution in [0.3, 0.4) is 0 Å². The Labute approximate surface area is 103 Å². The molecule has 0 fully saturated rings. The van der Waals surface area contributed by atoms with Crippen molar-refractivity contribution in [3.63, 3.8) is 0 Å². The lowest BCUT2D eigenvalue weighted by atomic mass is 9.98. The van der Waals surface area contributed by atoms with Crippen LogP contribution in [0.25, 0.3) is 6.08 Å². The van der Waals surface area contributed by atoms with Gasteiger partial charge in [-0.2, -0.15) is 0 Å². The molecule has 0 heterocycles. The number of rotatable bonds is 4. The summed E-state index contributed by atoms with van der Waals surface area (Å²) in [6.07, 6.45) is 2.05. The van der Waals surface area contributed by atoms with Crippen molar-refractivity contribution >= 4 is 12.0 Å². The van der Waals surface area contributed by atoms with Gasteiger partial charge in [0.2, 0.25) is 0 Å². The fraction of sp³-hybridized carbons (Fsp3) is 0.400. The fourth-order valence-corrected chi connectivity index (χ4v) is 1.57. The number of aryl methyl sites for hydroxylation is 1. The van der Waals surface area contributed by atoms with Crippen molar-refractivity contribution in [2.45, 2.75) is 27.7 Å². The van der Waals surface area contributed by atoms with E-state index in [0.717, 1.165) is 11.1 Å². The van der Waals surface area contributed by atoms with Gasteiger partial charge in [-0.3, -0.25) is 4.79 Å². The molecule has 0 saturated heterocycles. The standard InChI is InChI=1S/C15H20O2/c1-5-17-15(16)13(4)12(3)10-14-9-7-6-8-11(14)2/h6-10,13H,5H2,1-4H3/b12-10+. The first-order valence-electron chi connectivity index (χ1n) is 5.96. The Morgan fingerprint density at radius 3 is 2.65 bits per heavy atom. The van der Waals surface area contributed by atoms with Crippen molar-refractivity contribution in [2.24, 2.45) is 5.92 Å². The smallest absolute Gasteiger partial charge is 0.312 e. The molecule has 0 spiro atoms. The SMILES string of the molecule is CCOC(=O)C(C)/C(C)=C/c1ccccc1C. The molecule has 0 saturated carbocycles. The molecule has 1 atom stereocenters. The van der Waals surface area contributed by atoms with Crippen LogP contribution in [-0.2, 0) is 9.53 Å². The summed E-state index contributed by atoms with van der Waals surface area (Å²) in [4.78, 5) is 11.6. The minimum Gasteiger partial charge on any atom is -0.466 e. The summed E-state index contributed by atoms with van der Waals surface area (Å²) in [6.45, 7) is 8.16. The lowest BCUT2D eigenvalue weighted by molar-refractivity contribution is -0.146. The van der Waals surface area contributed by atoms with Crippen molar-refractivity contribution < 1.29 is 9.53 Å². The van der Waals surface area contributed by atoms with Crippen molar-refractivity contribution in [1.29, 1.82) is 0 Å². The summed E-state index contributed by atoms with van der Waals surface area (Å²) >= 11 is 0. The van der Waals surface area contributed by atoms with Crippen LogP contribution in [0.15, 0.2) is 29.8 Å². The van der Waals surface area contributed by atoms with E-state index in [1.54, 1.807) is 0 Å². The molecule has 1 aromatic rings. The molecular weight excluding hydrogens is 212 g/mol. The molecular formula is C15H20O2. The van der Waals surface area contributed by atoms with Gasteiger partial charge in [0.05, 0.1) is 12.5 Å². The van der Waals surface area contributed by atoms with Gasteiger partial charge in [-0.15, -0.1) is 0 Å². The van der Waals surface area contributed by atoms with Crippen molar-refractivity contribution in [3.8, 4) is 0 Å². The van der Waals surface area contributed by atoms with Gasteiger partial charge in [0.15, 0.2) is 0 Å². The summed E-state index contributed by atoms with van der Waals surface area (Å²) in [6, 6.07) is 8.13. The predicted octanol–water partition coefficient (Wildman–Crippen LogP) is 3.60. The monoisotopic (exact) mass is 232 g/mol. The number of carbonyl (C=O) groups excluding carboxylic acids is 1. The van der Waals surface area contributed by atoms with E-state index in [-0.39, 0.29) is 11.9 Å². The number of benzene rings is 1. The van der Waals surface area contributed by atoms with E-state index in [9.17, 15) is 4.79 Å². The molecule has 0 bridgehead atoms. The summed E-state index contributed by atoms with van der Waals surface area (Å²) in [5.41, 5.74) is 3.39. The normalized spacial score (nSPS) is 13.3. The zero-order valence-electron chi connectivity index (χ0n) is 11.0. The second-order valence-electron chi connectivity index (χ2n) is 4.22. The van der Waals surface area contributed by atoms with Crippen LogP contribution in [0.5, 0.6) is 0 Å². The average Bonchev–Trinajstić information content (AvgIpc) is 2.31. The maximum Gasteiger partial charge on any atom is 0.312 e. The first-order valence-corrected chi connectivity index (χ1v) is 5.96. The van der Waals surface area contributed by atoms with E-state index in [4.69, 9.17) is 4.74 Å². The van der Waals surface area contributed by atoms with Crippen molar-refractivity contribution in [2.75, 3.05) is 6.61 Å². The van der Waals surface area contributed by atoms with E-state index in [1.807, 2.05) is 32.9 Å². The predicted molar refractivity (Wildman–Crippen MR) is 70.6 cm³/mol. The highest BCUT2D eigenvalue weighted by Crippen LogP contribution is 2.18. The highest BCUT2D eigenvalue weighted by Gasteiger charge is 2.15. The molecule has 1 rings (SSSR count). The topological polar surface area (TPSA) is 26.3 Å². The molecule has 17 heavy (non-hydrogen) atoms. The van der Waals surface area contributed by atoms with Gasteiger partial charge < -0.3 is 4.74 Å². The molecule has 1 unspecified atom stereocenters. The largest absolute Gasteiger partial charge is 0.466 e. The van der Waals surface area contributed by atoms with Gasteiger partial charge in [0.25, 0.3) is 0 Å². The Bertz CT molecular complexity index is 419. The van der Waals surface area contributed by atoms with E-state index in [0.29, 0.717) is 6.61 Å². The molecule has 2 heteroatoms. The van der Waals surface area contributed by atoms with Gasteiger partial charge in [-0.25, -0.2) is 0 Å². The Morgan fingerprint density at radius 2 is 2.06 bits per heavy atom. The first kappa shape index (κ1) is 13.5. The lowest BCUT2D eigenvalue weighted by Crippen LogP contribution is -2.15. The van der Waals surface area contributed by atoms with E-state index in [2.05, 4.69) is 25.1 Å². The third kappa shape index (κ3) is 3.74. The fourth-order valence-electron chi connectivity index (χ4n) is 1.57. The van der Waals surface area contributed by atoms with Gasteiger partial charge >= 0.3 is 5.97 Å². The van der Waals surface area contributed by atoms with E-state index < -0.39 is 0 Å². The number of ether oxygens (including phenoxy) is 1. The summed E-state index contributed by atoms with van der Waals surface area (Å²) in [5.74, 6) is -0.343. The number of carbonyl (C=O) groups is 1. The molecule has 0 aliphatic rings. The molecule has 92 valence electrons. The maximum absolute atomic E-state index is 11.6. The van der Waals surface area contributed by atoms with Crippen molar-refractivity contribution in [1.82, 2.24) is 0 Å². The van der Waals surface area contributed by atoms with Crippen LogP contribution in [0.1, 0.15) is 31.9 Å². The molecule has 0 radical (unpaired) electrons. The molecule has 0 amide bonds. The minimum atomic E-state index is -0.186. The average molecular weight is 232 g/mol. The van der Waals surface area contributed by atoms with Gasteiger partial charge in [0, 0.05) is 0 Å².